The van der Waals surface area contributed by atoms with Crippen molar-refractivity contribution in [3.63, 3.8) is 0 Å². The quantitative estimate of drug-likeness (QED) is 0.613. The van der Waals surface area contributed by atoms with Crippen LogP contribution in [0.15, 0.2) is 60.7 Å². The van der Waals surface area contributed by atoms with E-state index in [-0.39, 0.29) is 11.8 Å². The standard InChI is InChI=1S/C26H30N4O2/c1-19-7-3-5-9-22(19)23-11-12-25(29-28-23)30-17-14-21(15-18-30)26(31)27-16-13-20-8-4-6-10-24(20)32-2/h3-12,21H,13-18H2,1-2H3,(H,27,31). The van der Waals surface area contributed by atoms with Gasteiger partial charge in [-0.05, 0) is 55.5 Å². The third-order valence-corrected chi connectivity index (χ3v) is 6.15. The normalized spacial score (nSPS) is 14.2. The van der Waals surface area contributed by atoms with Crippen LogP contribution in [0.25, 0.3) is 11.3 Å². The molecule has 0 saturated carbocycles. The van der Waals surface area contributed by atoms with Crippen molar-refractivity contribution < 1.29 is 9.53 Å². The number of methoxy groups -OCH3 is 1. The van der Waals surface area contributed by atoms with E-state index in [1.807, 2.05) is 48.5 Å². The highest BCUT2D eigenvalue weighted by Gasteiger charge is 2.25. The van der Waals surface area contributed by atoms with E-state index in [0.29, 0.717) is 6.54 Å². The molecule has 1 aliphatic rings. The molecule has 2 aromatic carbocycles. The Morgan fingerprint density at radius 2 is 1.78 bits per heavy atom. The SMILES string of the molecule is COc1ccccc1CCNC(=O)C1CCN(c2ccc(-c3ccccc3C)nn2)CC1. The summed E-state index contributed by atoms with van der Waals surface area (Å²) in [5.41, 5.74) is 4.29. The lowest BCUT2D eigenvalue weighted by atomic mass is 9.95. The minimum Gasteiger partial charge on any atom is -0.496 e. The molecule has 3 aromatic rings. The Labute approximate surface area is 189 Å². The van der Waals surface area contributed by atoms with Crippen molar-refractivity contribution in [2.75, 3.05) is 31.6 Å². The Bertz CT molecular complexity index is 1040. The molecule has 0 atom stereocenters. The summed E-state index contributed by atoms with van der Waals surface area (Å²) >= 11 is 0. The third-order valence-electron chi connectivity index (χ3n) is 6.15. The molecule has 0 bridgehead atoms. The number of aromatic nitrogens is 2. The summed E-state index contributed by atoms with van der Waals surface area (Å²) in [6.45, 7) is 4.31. The molecule has 1 amide bonds. The number of nitrogens with one attached hydrogen (secondary N) is 1. The first-order valence-corrected chi connectivity index (χ1v) is 11.2. The topological polar surface area (TPSA) is 67.3 Å². The first kappa shape index (κ1) is 21.8. The largest absolute Gasteiger partial charge is 0.496 e. The minimum atomic E-state index is 0.0446. The number of nitrogens with zero attached hydrogens (tertiary/aromatic N) is 3. The fourth-order valence-corrected chi connectivity index (χ4v) is 4.24. The second kappa shape index (κ2) is 10.3. The Morgan fingerprint density at radius 1 is 1.03 bits per heavy atom. The van der Waals surface area contributed by atoms with Crippen molar-refractivity contribution in [3.8, 4) is 17.0 Å². The lowest BCUT2D eigenvalue weighted by molar-refractivity contribution is -0.125. The van der Waals surface area contributed by atoms with E-state index in [1.165, 1.54) is 5.56 Å². The highest BCUT2D eigenvalue weighted by Crippen LogP contribution is 2.25. The number of carbonyl (C=O) groups excluding carboxylic acids is 1. The van der Waals surface area contributed by atoms with E-state index >= 15 is 0 Å². The van der Waals surface area contributed by atoms with Gasteiger partial charge in [0.1, 0.15) is 5.75 Å². The van der Waals surface area contributed by atoms with Crippen molar-refractivity contribution in [1.82, 2.24) is 15.5 Å². The Morgan fingerprint density at radius 3 is 2.50 bits per heavy atom. The van der Waals surface area contributed by atoms with E-state index < -0.39 is 0 Å². The zero-order chi connectivity index (χ0) is 22.3. The summed E-state index contributed by atoms with van der Waals surface area (Å²) in [5.74, 6) is 1.92. The molecule has 0 spiro atoms. The Balaban J connectivity index is 1.26. The molecular weight excluding hydrogens is 400 g/mol. The summed E-state index contributed by atoms with van der Waals surface area (Å²) in [6.07, 6.45) is 2.40. The van der Waals surface area contributed by atoms with Gasteiger partial charge in [0.25, 0.3) is 0 Å². The van der Waals surface area contributed by atoms with E-state index in [9.17, 15) is 4.79 Å². The van der Waals surface area contributed by atoms with Crippen LogP contribution >= 0.6 is 0 Å². The number of hydrogen-bond acceptors (Lipinski definition) is 5. The number of amides is 1. The summed E-state index contributed by atoms with van der Waals surface area (Å²) in [4.78, 5) is 14.8. The van der Waals surface area contributed by atoms with Crippen molar-refractivity contribution in [1.29, 1.82) is 0 Å². The Hall–Kier alpha value is -3.41. The zero-order valence-electron chi connectivity index (χ0n) is 18.8. The fourth-order valence-electron chi connectivity index (χ4n) is 4.24. The molecule has 166 valence electrons. The first-order chi connectivity index (χ1) is 15.7. The van der Waals surface area contributed by atoms with Crippen LogP contribution in [-0.2, 0) is 11.2 Å². The van der Waals surface area contributed by atoms with Crippen LogP contribution in [0.2, 0.25) is 0 Å². The monoisotopic (exact) mass is 430 g/mol. The predicted molar refractivity (Wildman–Crippen MR) is 127 cm³/mol. The average molecular weight is 431 g/mol. The molecule has 4 rings (SSSR count). The van der Waals surface area contributed by atoms with Crippen molar-refractivity contribution in [2.24, 2.45) is 5.92 Å². The molecule has 0 radical (unpaired) electrons. The average Bonchev–Trinajstić information content (AvgIpc) is 2.85. The highest BCUT2D eigenvalue weighted by molar-refractivity contribution is 5.79. The van der Waals surface area contributed by atoms with Gasteiger partial charge in [-0.3, -0.25) is 4.79 Å². The molecule has 0 aliphatic carbocycles. The van der Waals surface area contributed by atoms with Gasteiger partial charge in [0.2, 0.25) is 5.91 Å². The van der Waals surface area contributed by atoms with E-state index in [4.69, 9.17) is 4.74 Å². The van der Waals surface area contributed by atoms with Crippen LogP contribution in [0.1, 0.15) is 24.0 Å². The minimum absolute atomic E-state index is 0.0446. The van der Waals surface area contributed by atoms with Crippen molar-refractivity contribution >= 4 is 11.7 Å². The number of aryl methyl sites for hydroxylation is 1. The zero-order valence-corrected chi connectivity index (χ0v) is 18.8. The van der Waals surface area contributed by atoms with Crippen LogP contribution in [0, 0.1) is 12.8 Å². The number of piperidine rings is 1. The van der Waals surface area contributed by atoms with Crippen LogP contribution in [-0.4, -0.2) is 42.8 Å². The maximum atomic E-state index is 12.6. The number of para-hydroxylation sites is 1. The lowest BCUT2D eigenvalue weighted by Crippen LogP contribution is -2.41. The van der Waals surface area contributed by atoms with E-state index in [0.717, 1.165) is 60.7 Å². The van der Waals surface area contributed by atoms with Crippen molar-refractivity contribution in [3.05, 3.63) is 71.8 Å². The predicted octanol–water partition coefficient (Wildman–Crippen LogP) is 4.04. The van der Waals surface area contributed by atoms with Crippen LogP contribution in [0.4, 0.5) is 5.82 Å². The van der Waals surface area contributed by atoms with E-state index in [2.05, 4.69) is 39.5 Å². The highest BCUT2D eigenvalue weighted by atomic mass is 16.5. The molecular formula is C26H30N4O2. The van der Waals surface area contributed by atoms with Gasteiger partial charge < -0.3 is 15.0 Å². The number of hydrogen-bond donors (Lipinski definition) is 1. The van der Waals surface area contributed by atoms with Gasteiger partial charge in [-0.2, -0.15) is 0 Å². The van der Waals surface area contributed by atoms with Crippen molar-refractivity contribution in [2.45, 2.75) is 26.2 Å². The molecule has 0 unspecified atom stereocenters. The van der Waals surface area contributed by atoms with Gasteiger partial charge in [0, 0.05) is 31.1 Å². The number of anilines is 1. The maximum absolute atomic E-state index is 12.6. The molecule has 1 saturated heterocycles. The van der Waals surface area contributed by atoms with Gasteiger partial charge in [-0.1, -0.05) is 42.5 Å². The van der Waals surface area contributed by atoms with Gasteiger partial charge in [0.05, 0.1) is 12.8 Å². The van der Waals surface area contributed by atoms with Crippen LogP contribution < -0.4 is 15.0 Å². The molecule has 1 aliphatic heterocycles. The van der Waals surface area contributed by atoms with E-state index in [1.54, 1.807) is 7.11 Å². The van der Waals surface area contributed by atoms with Gasteiger partial charge in [-0.25, -0.2) is 0 Å². The summed E-state index contributed by atoms with van der Waals surface area (Å²) in [6, 6.07) is 20.2. The number of rotatable bonds is 7. The van der Waals surface area contributed by atoms with Gasteiger partial charge >= 0.3 is 0 Å². The number of benzene rings is 2. The molecule has 2 heterocycles. The molecule has 1 N–H and O–H groups in total. The number of ether oxygens (including phenoxy) is 1. The smallest absolute Gasteiger partial charge is 0.223 e. The summed E-state index contributed by atoms with van der Waals surface area (Å²) in [7, 11) is 1.67. The Kier molecular flexibility index (Phi) is 7.00. The molecule has 6 nitrogen and oxygen atoms in total. The van der Waals surface area contributed by atoms with Gasteiger partial charge in [-0.15, -0.1) is 10.2 Å². The third kappa shape index (κ3) is 5.07. The summed E-state index contributed by atoms with van der Waals surface area (Å²) < 4.78 is 5.38. The molecule has 6 heteroatoms. The summed E-state index contributed by atoms with van der Waals surface area (Å²) in [5, 5.41) is 12.0. The number of carbonyl (C=O) groups is 1. The van der Waals surface area contributed by atoms with Gasteiger partial charge in [0.15, 0.2) is 5.82 Å². The molecule has 1 aromatic heterocycles. The molecule has 1 fully saturated rings. The first-order valence-electron chi connectivity index (χ1n) is 11.2. The fraction of sp³-hybridized carbons (Fsp3) is 0.346. The second-order valence-corrected chi connectivity index (χ2v) is 8.21. The lowest BCUT2D eigenvalue weighted by Gasteiger charge is -2.31. The second-order valence-electron chi connectivity index (χ2n) is 8.21. The maximum Gasteiger partial charge on any atom is 0.223 e. The molecule has 32 heavy (non-hydrogen) atoms. The van der Waals surface area contributed by atoms with Crippen LogP contribution in [0.3, 0.4) is 0 Å². The van der Waals surface area contributed by atoms with Crippen LogP contribution in [0.5, 0.6) is 5.75 Å².